The molecule has 0 spiro atoms. The molecule has 1 aromatic carbocycles. The Bertz CT molecular complexity index is 596. The van der Waals surface area contributed by atoms with Crippen LogP contribution in [0, 0.1) is 0 Å². The van der Waals surface area contributed by atoms with E-state index in [1.165, 1.54) is 12.4 Å². The van der Waals surface area contributed by atoms with Crippen LogP contribution in [0.15, 0.2) is 41.6 Å². The average molecular weight is 272 g/mol. The summed E-state index contributed by atoms with van der Waals surface area (Å²) >= 11 is 5.73. The second kappa shape index (κ2) is 4.77. The highest BCUT2D eigenvalue weighted by molar-refractivity contribution is 7.92. The van der Waals surface area contributed by atoms with Gasteiger partial charge in [-0.25, -0.2) is 8.42 Å². The van der Waals surface area contributed by atoms with Gasteiger partial charge in [-0.3, -0.25) is 9.82 Å². The molecule has 2 rings (SSSR count). The van der Waals surface area contributed by atoms with Gasteiger partial charge in [0, 0.05) is 12.1 Å². The molecule has 7 heteroatoms. The Kier molecular flexibility index (Phi) is 3.35. The minimum atomic E-state index is -3.60. The van der Waals surface area contributed by atoms with E-state index < -0.39 is 10.0 Å². The highest BCUT2D eigenvalue weighted by Crippen LogP contribution is 2.20. The van der Waals surface area contributed by atoms with Crippen LogP contribution in [-0.2, 0) is 15.9 Å². The maximum absolute atomic E-state index is 11.9. The molecule has 0 atom stereocenters. The fraction of sp³-hybridized carbons (Fsp3) is 0.100. The van der Waals surface area contributed by atoms with Gasteiger partial charge in [-0.2, -0.15) is 5.10 Å². The van der Waals surface area contributed by atoms with Crippen molar-refractivity contribution in [3.05, 3.63) is 42.2 Å². The summed E-state index contributed by atoms with van der Waals surface area (Å²) in [5.41, 5.74) is 1.20. The molecule has 0 aliphatic carbocycles. The lowest BCUT2D eigenvalue weighted by Crippen LogP contribution is -2.13. The van der Waals surface area contributed by atoms with Gasteiger partial charge in [-0.05, 0) is 11.6 Å². The Morgan fingerprint density at radius 1 is 1.35 bits per heavy atom. The molecule has 0 bridgehead atoms. The topological polar surface area (TPSA) is 74.8 Å². The number of anilines is 1. The minimum Gasteiger partial charge on any atom is -0.284 e. The van der Waals surface area contributed by atoms with Crippen molar-refractivity contribution in [2.75, 3.05) is 4.72 Å². The maximum Gasteiger partial charge on any atom is 0.265 e. The molecule has 0 amide bonds. The highest BCUT2D eigenvalue weighted by atomic mass is 35.5. The Balaban J connectivity index is 2.33. The number of hydrogen-bond donors (Lipinski definition) is 2. The lowest BCUT2D eigenvalue weighted by Gasteiger charge is -2.09. The third-order valence-electron chi connectivity index (χ3n) is 2.19. The van der Waals surface area contributed by atoms with Crippen molar-refractivity contribution in [1.29, 1.82) is 0 Å². The van der Waals surface area contributed by atoms with E-state index in [0.29, 0.717) is 5.69 Å². The molecule has 0 saturated heterocycles. The first kappa shape index (κ1) is 11.9. The smallest absolute Gasteiger partial charge is 0.265 e. The zero-order chi connectivity index (χ0) is 12.3. The predicted octanol–water partition coefficient (Wildman–Crippen LogP) is 1.95. The molecular weight excluding hydrogens is 262 g/mol. The average Bonchev–Trinajstić information content (AvgIpc) is 2.83. The third-order valence-corrected chi connectivity index (χ3v) is 3.81. The molecule has 17 heavy (non-hydrogen) atoms. The molecular formula is C10H10ClN3O2S. The molecule has 1 aromatic heterocycles. The minimum absolute atomic E-state index is 0.0851. The summed E-state index contributed by atoms with van der Waals surface area (Å²) in [7, 11) is -3.60. The number of alkyl halides is 1. The van der Waals surface area contributed by atoms with Crippen molar-refractivity contribution >= 4 is 27.3 Å². The van der Waals surface area contributed by atoms with Crippen molar-refractivity contribution < 1.29 is 8.42 Å². The molecule has 0 aliphatic rings. The number of nitrogens with zero attached hydrogens (tertiary/aromatic N) is 1. The van der Waals surface area contributed by atoms with Crippen LogP contribution < -0.4 is 4.72 Å². The van der Waals surface area contributed by atoms with E-state index in [9.17, 15) is 8.42 Å². The van der Waals surface area contributed by atoms with Gasteiger partial charge in [0.2, 0.25) is 0 Å². The summed E-state index contributed by atoms with van der Waals surface area (Å²) in [5.74, 6) is 0.240. The van der Waals surface area contributed by atoms with Crippen molar-refractivity contribution in [3.8, 4) is 0 Å². The van der Waals surface area contributed by atoms with Crippen LogP contribution in [0.5, 0.6) is 0 Å². The van der Waals surface area contributed by atoms with Gasteiger partial charge in [0.15, 0.2) is 0 Å². The van der Waals surface area contributed by atoms with Gasteiger partial charge in [-0.1, -0.05) is 18.2 Å². The summed E-state index contributed by atoms with van der Waals surface area (Å²) in [6.07, 6.45) is 2.55. The Labute approximate surface area is 104 Å². The van der Waals surface area contributed by atoms with Gasteiger partial charge in [-0.15, -0.1) is 11.6 Å². The summed E-state index contributed by atoms with van der Waals surface area (Å²) in [6.45, 7) is 0. The molecule has 2 N–H and O–H groups in total. The van der Waals surface area contributed by atoms with Crippen LogP contribution in [-0.4, -0.2) is 18.6 Å². The van der Waals surface area contributed by atoms with Crippen LogP contribution in [0.25, 0.3) is 0 Å². The summed E-state index contributed by atoms with van der Waals surface area (Å²) in [5, 5.41) is 6.06. The van der Waals surface area contributed by atoms with Crippen molar-refractivity contribution in [1.82, 2.24) is 10.2 Å². The maximum atomic E-state index is 11.9. The third kappa shape index (κ3) is 2.59. The second-order valence-corrected chi connectivity index (χ2v) is 5.28. The zero-order valence-corrected chi connectivity index (χ0v) is 10.3. The lowest BCUT2D eigenvalue weighted by molar-refractivity contribution is 0.601. The first-order valence-electron chi connectivity index (χ1n) is 4.79. The van der Waals surface area contributed by atoms with E-state index in [0.717, 1.165) is 5.56 Å². The van der Waals surface area contributed by atoms with Gasteiger partial charge in [0.05, 0.1) is 11.9 Å². The van der Waals surface area contributed by atoms with E-state index in [-0.39, 0.29) is 10.8 Å². The number of rotatable bonds is 4. The standard InChI is InChI=1S/C10H10ClN3O2S/c11-5-8-3-1-2-4-10(8)14-17(15,16)9-6-12-13-7-9/h1-4,6-7,14H,5H2,(H,12,13). The summed E-state index contributed by atoms with van der Waals surface area (Å²) < 4.78 is 26.3. The van der Waals surface area contributed by atoms with Gasteiger partial charge < -0.3 is 0 Å². The van der Waals surface area contributed by atoms with Crippen LogP contribution in [0.4, 0.5) is 5.69 Å². The number of aromatic nitrogens is 2. The Morgan fingerprint density at radius 2 is 2.12 bits per heavy atom. The van der Waals surface area contributed by atoms with E-state index in [1.807, 2.05) is 0 Å². The lowest BCUT2D eigenvalue weighted by atomic mass is 10.2. The fourth-order valence-electron chi connectivity index (χ4n) is 1.33. The molecule has 1 heterocycles. The fourth-order valence-corrected chi connectivity index (χ4v) is 2.56. The van der Waals surface area contributed by atoms with Crippen LogP contribution in [0.2, 0.25) is 0 Å². The van der Waals surface area contributed by atoms with Crippen molar-refractivity contribution in [2.45, 2.75) is 10.8 Å². The molecule has 5 nitrogen and oxygen atoms in total. The Hall–Kier alpha value is -1.53. The normalized spacial score (nSPS) is 11.4. The first-order chi connectivity index (χ1) is 8.13. The quantitative estimate of drug-likeness (QED) is 0.835. The second-order valence-electron chi connectivity index (χ2n) is 3.33. The van der Waals surface area contributed by atoms with Crippen LogP contribution in [0.1, 0.15) is 5.56 Å². The van der Waals surface area contributed by atoms with Crippen molar-refractivity contribution in [3.63, 3.8) is 0 Å². The number of nitrogens with one attached hydrogen (secondary N) is 2. The van der Waals surface area contributed by atoms with Gasteiger partial charge >= 0.3 is 0 Å². The number of halogens is 1. The Morgan fingerprint density at radius 3 is 2.76 bits per heavy atom. The molecule has 0 unspecified atom stereocenters. The predicted molar refractivity (Wildman–Crippen MR) is 65.4 cm³/mol. The van der Waals surface area contributed by atoms with E-state index in [2.05, 4.69) is 14.9 Å². The molecule has 90 valence electrons. The van der Waals surface area contributed by atoms with Gasteiger partial charge in [0.1, 0.15) is 4.90 Å². The first-order valence-corrected chi connectivity index (χ1v) is 6.81. The number of para-hydroxylation sites is 1. The van der Waals surface area contributed by atoms with Gasteiger partial charge in [0.25, 0.3) is 10.0 Å². The number of aromatic amines is 1. The van der Waals surface area contributed by atoms with Crippen LogP contribution >= 0.6 is 11.6 Å². The van der Waals surface area contributed by atoms with E-state index in [4.69, 9.17) is 11.6 Å². The summed E-state index contributed by atoms with van der Waals surface area (Å²) in [4.78, 5) is 0.0851. The number of sulfonamides is 1. The number of hydrogen-bond acceptors (Lipinski definition) is 3. The molecule has 0 fully saturated rings. The van der Waals surface area contributed by atoms with Crippen LogP contribution in [0.3, 0.4) is 0 Å². The largest absolute Gasteiger partial charge is 0.284 e. The van der Waals surface area contributed by atoms with E-state index >= 15 is 0 Å². The van der Waals surface area contributed by atoms with E-state index in [1.54, 1.807) is 24.3 Å². The van der Waals surface area contributed by atoms with Crippen molar-refractivity contribution in [2.24, 2.45) is 0 Å². The number of benzene rings is 1. The molecule has 0 radical (unpaired) electrons. The zero-order valence-electron chi connectivity index (χ0n) is 8.72. The molecule has 2 aromatic rings. The molecule has 0 saturated carbocycles. The SMILES string of the molecule is O=S(=O)(Nc1ccccc1CCl)c1cn[nH]c1. The summed E-state index contributed by atoms with van der Waals surface area (Å²) in [6, 6.07) is 6.96. The number of H-pyrrole nitrogens is 1. The highest BCUT2D eigenvalue weighted by Gasteiger charge is 2.16. The monoisotopic (exact) mass is 271 g/mol. The molecule has 0 aliphatic heterocycles.